The smallest absolute Gasteiger partial charge is 0.460 e. The van der Waals surface area contributed by atoms with Crippen molar-refractivity contribution in [1.82, 2.24) is 5.09 Å². The highest BCUT2D eigenvalue weighted by Gasteiger charge is 2.35. The van der Waals surface area contributed by atoms with Gasteiger partial charge in [-0.2, -0.15) is 10.3 Å². The second-order valence-electron chi connectivity index (χ2n) is 6.67. The minimum Gasteiger partial charge on any atom is -0.460 e. The van der Waals surface area contributed by atoms with E-state index in [0.717, 1.165) is 5.56 Å². The summed E-state index contributed by atoms with van der Waals surface area (Å²) in [4.78, 5) is 12.5. The number of ether oxygens (including phenoxy) is 1. The number of halogens is 1. The van der Waals surface area contributed by atoms with Crippen LogP contribution in [-0.2, 0) is 20.7 Å². The number of hydrogen-bond donors (Lipinski definition) is 1. The molecule has 3 aromatic carbocycles. The Balaban J connectivity index is 1.80. The zero-order valence-corrected chi connectivity index (χ0v) is 20.2. The molecule has 0 aliphatic rings. The predicted molar refractivity (Wildman–Crippen MR) is 128 cm³/mol. The zero-order chi connectivity index (χ0) is 23.0. The molecule has 9 heteroatoms. The van der Waals surface area contributed by atoms with Gasteiger partial charge in [0, 0.05) is 0 Å². The van der Waals surface area contributed by atoms with E-state index >= 15 is 0 Å². The molecule has 1 N–H and O–H groups in total. The third-order valence-corrected chi connectivity index (χ3v) is 6.62. The Kier molecular flexibility index (Phi) is 8.28. The molecule has 0 aliphatic heterocycles. The van der Waals surface area contributed by atoms with E-state index in [-0.39, 0.29) is 23.7 Å². The summed E-state index contributed by atoms with van der Waals surface area (Å²) < 4.78 is 30.9. The molecule has 3 aromatic rings. The van der Waals surface area contributed by atoms with Crippen LogP contribution in [0.5, 0.6) is 11.5 Å². The molecule has 0 spiro atoms. The number of benzene rings is 3. The van der Waals surface area contributed by atoms with Crippen molar-refractivity contribution >= 4 is 36.3 Å². The first kappa shape index (κ1) is 23.8. The van der Waals surface area contributed by atoms with Gasteiger partial charge in [0.05, 0.1) is 9.13 Å². The van der Waals surface area contributed by atoms with E-state index in [1.165, 1.54) is 6.92 Å². The zero-order valence-electron chi connectivity index (χ0n) is 17.1. The van der Waals surface area contributed by atoms with Crippen LogP contribution in [0.1, 0.15) is 18.1 Å². The molecule has 0 aromatic heterocycles. The Hall–Kier alpha value is -2.86. The van der Waals surface area contributed by atoms with Gasteiger partial charge < -0.3 is 13.8 Å². The summed E-state index contributed by atoms with van der Waals surface area (Å²) in [6, 6.07) is 23.6. The molecule has 7 nitrogen and oxygen atoms in total. The van der Waals surface area contributed by atoms with E-state index in [2.05, 4.69) is 5.09 Å². The number of esters is 1. The van der Waals surface area contributed by atoms with Crippen molar-refractivity contribution in [2.24, 2.45) is 0 Å². The lowest BCUT2D eigenvalue weighted by atomic mass is 10.2. The number of hydrogen-bond acceptors (Lipinski definition) is 6. The SMILES string of the molecule is C[C@H](NP(=O)(Oc1ccccc1)Oc1c(I)cccc1C#N)C(=O)OCc1ccccc1. The summed E-state index contributed by atoms with van der Waals surface area (Å²) in [6.45, 7) is 1.57. The molecule has 0 radical (unpaired) electrons. The van der Waals surface area contributed by atoms with E-state index in [1.54, 1.807) is 48.5 Å². The molecule has 32 heavy (non-hydrogen) atoms. The van der Waals surface area contributed by atoms with Gasteiger partial charge in [-0.15, -0.1) is 0 Å². The van der Waals surface area contributed by atoms with Gasteiger partial charge in [0.1, 0.15) is 24.5 Å². The van der Waals surface area contributed by atoms with E-state index in [9.17, 15) is 14.6 Å². The van der Waals surface area contributed by atoms with Gasteiger partial charge >= 0.3 is 13.7 Å². The molecular formula is C23H20IN2O5P. The van der Waals surface area contributed by atoms with Crippen molar-refractivity contribution in [2.75, 3.05) is 0 Å². The summed E-state index contributed by atoms with van der Waals surface area (Å²) in [5.74, 6) is -0.248. The second-order valence-corrected chi connectivity index (χ2v) is 9.45. The fraction of sp³-hybridized carbons (Fsp3) is 0.130. The third kappa shape index (κ3) is 6.57. The molecule has 3 rings (SSSR count). The van der Waals surface area contributed by atoms with E-state index < -0.39 is 19.8 Å². The molecule has 0 fully saturated rings. The summed E-state index contributed by atoms with van der Waals surface area (Å²) in [7, 11) is -4.14. The summed E-state index contributed by atoms with van der Waals surface area (Å²) in [5.41, 5.74) is 1.01. The molecule has 164 valence electrons. The maximum absolute atomic E-state index is 13.7. The number of carbonyl (C=O) groups is 1. The Morgan fingerprint density at radius 2 is 1.69 bits per heavy atom. The topological polar surface area (TPSA) is 97.6 Å². The lowest BCUT2D eigenvalue weighted by molar-refractivity contribution is -0.146. The van der Waals surface area contributed by atoms with Gasteiger partial charge in [-0.05, 0) is 59.3 Å². The van der Waals surface area contributed by atoms with E-state index in [4.69, 9.17) is 13.8 Å². The van der Waals surface area contributed by atoms with Crippen LogP contribution in [0.25, 0.3) is 0 Å². The van der Waals surface area contributed by atoms with Crippen LogP contribution >= 0.6 is 30.3 Å². The van der Waals surface area contributed by atoms with Crippen LogP contribution in [0.4, 0.5) is 0 Å². The average molecular weight is 562 g/mol. The Morgan fingerprint density at radius 1 is 1.03 bits per heavy atom. The standard InChI is InChI=1S/C23H20IN2O5P/c1-17(23(27)29-16-18-9-4-2-5-10-18)26-32(28,30-20-12-6-3-7-13-20)31-22-19(15-25)11-8-14-21(22)24/h2-14,17H,16H2,1H3,(H,26,28)/t17-,32?/m0/s1. The fourth-order valence-corrected chi connectivity index (χ4v) is 4.99. The molecule has 0 heterocycles. The van der Waals surface area contributed by atoms with E-state index in [1.807, 2.05) is 59.0 Å². The Labute approximate surface area is 200 Å². The minimum absolute atomic E-state index is 0.0750. The predicted octanol–water partition coefficient (Wildman–Crippen LogP) is 5.45. The maximum atomic E-state index is 13.7. The molecule has 0 saturated carbocycles. The Bertz CT molecular complexity index is 1150. The molecule has 2 atom stereocenters. The van der Waals surface area contributed by atoms with Crippen LogP contribution in [0.2, 0.25) is 0 Å². The highest BCUT2D eigenvalue weighted by molar-refractivity contribution is 14.1. The van der Waals surface area contributed by atoms with Gasteiger partial charge in [-0.25, -0.2) is 4.57 Å². The Morgan fingerprint density at radius 3 is 2.34 bits per heavy atom. The van der Waals surface area contributed by atoms with Gasteiger partial charge in [-0.1, -0.05) is 54.6 Å². The summed E-state index contributed by atoms with van der Waals surface area (Å²) in [5, 5.41) is 12.0. The average Bonchev–Trinajstić information content (AvgIpc) is 2.80. The van der Waals surface area contributed by atoms with Crippen molar-refractivity contribution in [3.63, 3.8) is 0 Å². The van der Waals surface area contributed by atoms with Crippen molar-refractivity contribution in [3.8, 4) is 17.6 Å². The van der Waals surface area contributed by atoms with Crippen LogP contribution < -0.4 is 14.1 Å². The maximum Gasteiger partial charge on any atom is 0.513 e. The normalized spacial score (nSPS) is 13.3. The molecule has 0 saturated heterocycles. The van der Waals surface area contributed by atoms with Crippen molar-refractivity contribution in [3.05, 3.63) is 93.6 Å². The number of rotatable bonds is 9. The van der Waals surface area contributed by atoms with Crippen LogP contribution in [0.15, 0.2) is 78.9 Å². The quantitative estimate of drug-likeness (QED) is 0.211. The molecule has 0 aliphatic carbocycles. The third-order valence-electron chi connectivity index (χ3n) is 4.20. The first-order valence-corrected chi connectivity index (χ1v) is 12.2. The highest BCUT2D eigenvalue weighted by atomic mass is 127. The molecular weight excluding hydrogens is 542 g/mol. The van der Waals surface area contributed by atoms with Crippen LogP contribution in [-0.4, -0.2) is 12.0 Å². The van der Waals surface area contributed by atoms with Gasteiger partial charge in [0.15, 0.2) is 5.75 Å². The fourth-order valence-electron chi connectivity index (χ4n) is 2.64. The van der Waals surface area contributed by atoms with Crippen molar-refractivity contribution in [1.29, 1.82) is 5.26 Å². The summed E-state index contributed by atoms with van der Waals surface area (Å²) >= 11 is 1.98. The number of nitrogens with zero attached hydrogens (tertiary/aromatic N) is 1. The molecule has 0 amide bonds. The lowest BCUT2D eigenvalue weighted by Gasteiger charge is -2.24. The van der Waals surface area contributed by atoms with Crippen molar-refractivity contribution < 1.29 is 23.1 Å². The monoisotopic (exact) mass is 562 g/mol. The number of carbonyl (C=O) groups excluding carboxylic acids is 1. The van der Waals surface area contributed by atoms with E-state index in [0.29, 0.717) is 3.57 Å². The summed E-state index contributed by atoms with van der Waals surface area (Å²) in [6.07, 6.45) is 0. The van der Waals surface area contributed by atoms with Gasteiger partial charge in [-0.3, -0.25) is 4.79 Å². The van der Waals surface area contributed by atoms with Crippen LogP contribution in [0.3, 0.4) is 0 Å². The molecule has 0 bridgehead atoms. The van der Waals surface area contributed by atoms with Gasteiger partial charge in [0.2, 0.25) is 0 Å². The first-order chi connectivity index (χ1) is 15.4. The first-order valence-electron chi connectivity index (χ1n) is 9.61. The minimum atomic E-state index is -4.14. The molecule has 1 unspecified atom stereocenters. The van der Waals surface area contributed by atoms with Gasteiger partial charge in [0.25, 0.3) is 0 Å². The highest BCUT2D eigenvalue weighted by Crippen LogP contribution is 2.47. The number of nitrogens with one attached hydrogen (secondary N) is 1. The number of para-hydroxylation sites is 2. The van der Waals surface area contributed by atoms with Crippen LogP contribution in [0, 0.1) is 14.9 Å². The van der Waals surface area contributed by atoms with Crippen molar-refractivity contribution in [2.45, 2.75) is 19.6 Å². The largest absolute Gasteiger partial charge is 0.513 e. The lowest BCUT2D eigenvalue weighted by Crippen LogP contribution is -2.35. The number of nitriles is 1. The second kappa shape index (κ2) is 11.1.